The van der Waals surface area contributed by atoms with E-state index in [2.05, 4.69) is 10.4 Å². The molecule has 0 aliphatic carbocycles. The van der Waals surface area contributed by atoms with Gasteiger partial charge in [-0.2, -0.15) is 0 Å². The smallest absolute Gasteiger partial charge is 0.0805 e. The van der Waals surface area contributed by atoms with Crippen LogP contribution >= 0.6 is 0 Å². The number of hydrogen-bond donors (Lipinski definition) is 2. The van der Waals surface area contributed by atoms with Gasteiger partial charge in [-0.1, -0.05) is 0 Å². The Labute approximate surface area is 85.6 Å². The van der Waals surface area contributed by atoms with Crippen LogP contribution in [0.3, 0.4) is 0 Å². The predicted molar refractivity (Wildman–Crippen MR) is 55.0 cm³/mol. The van der Waals surface area contributed by atoms with Gasteiger partial charge in [-0.3, -0.25) is 5.43 Å². The zero-order valence-corrected chi connectivity index (χ0v) is 9.07. The molecule has 1 aliphatic rings. The summed E-state index contributed by atoms with van der Waals surface area (Å²) < 4.78 is 5.22. The van der Waals surface area contributed by atoms with E-state index in [9.17, 15) is 5.11 Å². The van der Waals surface area contributed by atoms with Crippen LogP contribution in [0.4, 0.5) is 0 Å². The Morgan fingerprint density at radius 3 is 2.64 bits per heavy atom. The molecule has 0 aromatic rings. The van der Waals surface area contributed by atoms with Gasteiger partial charge in [-0.15, -0.1) is 0 Å². The van der Waals surface area contributed by atoms with Crippen LogP contribution in [0.2, 0.25) is 0 Å². The highest BCUT2D eigenvalue weighted by atomic mass is 16.5. The molecular formula is C9H21N3O2. The summed E-state index contributed by atoms with van der Waals surface area (Å²) in [6.45, 7) is 4.65. The lowest BCUT2D eigenvalue weighted by Gasteiger charge is -2.28. The average Bonchev–Trinajstić information content (AvgIpc) is 2.15. The molecule has 5 nitrogen and oxygen atoms in total. The number of likely N-dealkylation sites (N-methyl/N-ethyl adjacent to an activating group) is 1. The maximum Gasteiger partial charge on any atom is 0.0805 e. The lowest BCUT2D eigenvalue weighted by molar-refractivity contribution is 0.00148. The summed E-state index contributed by atoms with van der Waals surface area (Å²) in [5.41, 5.74) is 3.20. The van der Waals surface area contributed by atoms with Gasteiger partial charge < -0.3 is 14.7 Å². The predicted octanol–water partition coefficient (Wildman–Crippen LogP) is -1.25. The van der Waals surface area contributed by atoms with Gasteiger partial charge in [0.2, 0.25) is 0 Å². The first kappa shape index (κ1) is 11.9. The summed E-state index contributed by atoms with van der Waals surface area (Å²) in [6, 6.07) is 0. The van der Waals surface area contributed by atoms with Crippen molar-refractivity contribution in [2.75, 3.05) is 53.5 Å². The van der Waals surface area contributed by atoms with Crippen molar-refractivity contribution in [1.82, 2.24) is 15.3 Å². The summed E-state index contributed by atoms with van der Waals surface area (Å²) in [7, 11) is 3.91. The Morgan fingerprint density at radius 1 is 1.43 bits per heavy atom. The number of ether oxygens (including phenoxy) is 1. The number of nitrogens with one attached hydrogen (secondary N) is 1. The number of morpholine rings is 1. The molecule has 1 fully saturated rings. The second kappa shape index (κ2) is 6.31. The van der Waals surface area contributed by atoms with Crippen molar-refractivity contribution in [2.24, 2.45) is 0 Å². The Hall–Kier alpha value is -0.200. The van der Waals surface area contributed by atoms with Crippen LogP contribution in [-0.4, -0.2) is 74.6 Å². The molecule has 14 heavy (non-hydrogen) atoms. The molecule has 0 amide bonds. The number of hydrogen-bond acceptors (Lipinski definition) is 5. The van der Waals surface area contributed by atoms with Gasteiger partial charge in [-0.05, 0) is 14.1 Å². The van der Waals surface area contributed by atoms with Gasteiger partial charge >= 0.3 is 0 Å². The van der Waals surface area contributed by atoms with Crippen molar-refractivity contribution in [2.45, 2.75) is 6.10 Å². The van der Waals surface area contributed by atoms with E-state index in [4.69, 9.17) is 4.74 Å². The Kier molecular flexibility index (Phi) is 5.36. The molecule has 1 atom stereocenters. The molecule has 1 unspecified atom stereocenters. The molecule has 0 saturated carbocycles. The molecule has 1 heterocycles. The van der Waals surface area contributed by atoms with E-state index < -0.39 is 0 Å². The third kappa shape index (κ3) is 4.88. The van der Waals surface area contributed by atoms with Crippen LogP contribution < -0.4 is 5.43 Å². The Morgan fingerprint density at radius 2 is 2.07 bits per heavy atom. The van der Waals surface area contributed by atoms with E-state index in [0.29, 0.717) is 13.1 Å². The fraction of sp³-hybridized carbons (Fsp3) is 1.00. The zero-order chi connectivity index (χ0) is 10.4. The van der Waals surface area contributed by atoms with Crippen molar-refractivity contribution >= 4 is 0 Å². The van der Waals surface area contributed by atoms with Crippen molar-refractivity contribution in [1.29, 1.82) is 0 Å². The quantitative estimate of drug-likeness (QED) is 0.584. The minimum Gasteiger partial charge on any atom is -0.390 e. The molecular weight excluding hydrogens is 182 g/mol. The zero-order valence-electron chi connectivity index (χ0n) is 9.07. The summed E-state index contributed by atoms with van der Waals surface area (Å²) in [5.74, 6) is 0. The number of nitrogens with zero attached hydrogens (tertiary/aromatic N) is 2. The van der Waals surface area contributed by atoms with Gasteiger partial charge in [0.25, 0.3) is 0 Å². The molecule has 1 saturated heterocycles. The second-order valence-corrected chi connectivity index (χ2v) is 3.88. The van der Waals surface area contributed by atoms with Gasteiger partial charge in [0.05, 0.1) is 19.3 Å². The normalized spacial score (nSPS) is 21.4. The number of aliphatic hydroxyl groups is 1. The third-order valence-electron chi connectivity index (χ3n) is 2.14. The summed E-state index contributed by atoms with van der Waals surface area (Å²) in [5, 5.41) is 11.7. The molecule has 84 valence electrons. The Bertz CT molecular complexity index is 149. The fourth-order valence-corrected chi connectivity index (χ4v) is 1.44. The van der Waals surface area contributed by atoms with E-state index >= 15 is 0 Å². The topological polar surface area (TPSA) is 48.0 Å². The standard InChI is InChI=1S/C9H21N3O2/c1-11(2)8-9(13)7-10-12-3-5-14-6-4-12/h9-10,13H,3-8H2,1-2H3. The second-order valence-electron chi connectivity index (χ2n) is 3.88. The number of aliphatic hydroxyl groups excluding tert-OH is 1. The molecule has 1 rings (SSSR count). The highest BCUT2D eigenvalue weighted by Crippen LogP contribution is 1.93. The molecule has 0 spiro atoms. The van der Waals surface area contributed by atoms with Crippen LogP contribution in [0.1, 0.15) is 0 Å². The third-order valence-corrected chi connectivity index (χ3v) is 2.14. The van der Waals surface area contributed by atoms with Crippen LogP contribution in [0.5, 0.6) is 0 Å². The van der Waals surface area contributed by atoms with Crippen molar-refractivity contribution < 1.29 is 9.84 Å². The first-order valence-electron chi connectivity index (χ1n) is 5.07. The summed E-state index contributed by atoms with van der Waals surface area (Å²) in [6.07, 6.45) is -0.312. The van der Waals surface area contributed by atoms with Gasteiger partial charge in [0.1, 0.15) is 0 Å². The van der Waals surface area contributed by atoms with Gasteiger partial charge in [-0.25, -0.2) is 5.01 Å². The molecule has 0 aromatic heterocycles. The van der Waals surface area contributed by atoms with Crippen LogP contribution in [0, 0.1) is 0 Å². The monoisotopic (exact) mass is 203 g/mol. The molecule has 5 heteroatoms. The minimum absolute atomic E-state index is 0.312. The number of hydrazine groups is 1. The van der Waals surface area contributed by atoms with Gasteiger partial charge in [0, 0.05) is 26.2 Å². The molecule has 0 radical (unpaired) electrons. The number of rotatable bonds is 5. The lowest BCUT2D eigenvalue weighted by atomic mass is 10.3. The SMILES string of the molecule is CN(C)CC(O)CNN1CCOCC1. The van der Waals surface area contributed by atoms with E-state index in [1.54, 1.807) is 0 Å². The fourth-order valence-electron chi connectivity index (χ4n) is 1.44. The van der Waals surface area contributed by atoms with Crippen LogP contribution in [0.25, 0.3) is 0 Å². The molecule has 0 bridgehead atoms. The van der Waals surface area contributed by atoms with Crippen LogP contribution in [-0.2, 0) is 4.74 Å². The molecule has 2 N–H and O–H groups in total. The summed E-state index contributed by atoms with van der Waals surface area (Å²) >= 11 is 0. The Balaban J connectivity index is 2.06. The average molecular weight is 203 g/mol. The maximum absolute atomic E-state index is 9.59. The van der Waals surface area contributed by atoms with E-state index in [-0.39, 0.29) is 6.10 Å². The van der Waals surface area contributed by atoms with E-state index in [0.717, 1.165) is 26.3 Å². The van der Waals surface area contributed by atoms with Crippen molar-refractivity contribution in [3.05, 3.63) is 0 Å². The van der Waals surface area contributed by atoms with Gasteiger partial charge in [0.15, 0.2) is 0 Å². The molecule has 0 aromatic carbocycles. The molecule has 1 aliphatic heterocycles. The van der Waals surface area contributed by atoms with Crippen LogP contribution in [0.15, 0.2) is 0 Å². The highest BCUT2D eigenvalue weighted by Gasteiger charge is 2.11. The first-order chi connectivity index (χ1) is 6.68. The first-order valence-corrected chi connectivity index (χ1v) is 5.07. The van der Waals surface area contributed by atoms with Crippen molar-refractivity contribution in [3.63, 3.8) is 0 Å². The van der Waals surface area contributed by atoms with E-state index in [1.165, 1.54) is 0 Å². The lowest BCUT2D eigenvalue weighted by Crippen LogP contribution is -2.49. The maximum atomic E-state index is 9.59. The largest absolute Gasteiger partial charge is 0.390 e. The van der Waals surface area contributed by atoms with Crippen molar-refractivity contribution in [3.8, 4) is 0 Å². The summed E-state index contributed by atoms with van der Waals surface area (Å²) in [4.78, 5) is 1.98. The van der Waals surface area contributed by atoms with E-state index in [1.807, 2.05) is 19.0 Å². The minimum atomic E-state index is -0.312. The highest BCUT2D eigenvalue weighted by molar-refractivity contribution is 4.63.